The number of nitrogens with one attached hydrogen (secondary N) is 1. The van der Waals surface area contributed by atoms with Crippen molar-refractivity contribution in [2.45, 2.75) is 20.3 Å². The van der Waals surface area contributed by atoms with Crippen molar-refractivity contribution >= 4 is 11.7 Å². The van der Waals surface area contributed by atoms with Crippen LogP contribution in [0.25, 0.3) is 0 Å². The minimum atomic E-state index is -0.341. The van der Waals surface area contributed by atoms with Gasteiger partial charge in [-0.15, -0.1) is 0 Å². The van der Waals surface area contributed by atoms with E-state index in [1.807, 2.05) is 19.1 Å². The Bertz CT molecular complexity index is 666. The third-order valence-electron chi connectivity index (χ3n) is 3.44. The van der Waals surface area contributed by atoms with E-state index in [1.54, 1.807) is 12.1 Å². The van der Waals surface area contributed by atoms with E-state index in [0.717, 1.165) is 28.6 Å². The molecule has 1 heterocycles. The van der Waals surface area contributed by atoms with Gasteiger partial charge in [-0.1, -0.05) is 0 Å². The molecule has 2 aromatic rings. The normalized spacial score (nSPS) is 10.3. The molecule has 128 valence electrons. The number of hydrogen-bond acceptors (Lipinski definition) is 4. The first kappa shape index (κ1) is 17.7. The van der Waals surface area contributed by atoms with Gasteiger partial charge in [0, 0.05) is 30.5 Å². The number of hydroxylamine groups is 2. The fourth-order valence-electron chi connectivity index (χ4n) is 2.25. The van der Waals surface area contributed by atoms with Crippen LogP contribution in [0.5, 0.6) is 5.75 Å². The molecule has 24 heavy (non-hydrogen) atoms. The second-order valence-electron chi connectivity index (χ2n) is 5.51. The molecule has 0 spiro atoms. The summed E-state index contributed by atoms with van der Waals surface area (Å²) in [6.07, 6.45) is 0.750. The highest BCUT2D eigenvalue weighted by Gasteiger charge is 2.07. The number of anilines is 1. The number of carbonyl (C=O) groups excluding carboxylic acids is 1. The van der Waals surface area contributed by atoms with Crippen molar-refractivity contribution in [1.82, 2.24) is 10.0 Å². The van der Waals surface area contributed by atoms with Gasteiger partial charge in [0.15, 0.2) is 0 Å². The van der Waals surface area contributed by atoms with Gasteiger partial charge < -0.3 is 10.1 Å². The third-order valence-corrected chi connectivity index (χ3v) is 3.44. The van der Waals surface area contributed by atoms with Gasteiger partial charge in [0.2, 0.25) is 0 Å². The summed E-state index contributed by atoms with van der Waals surface area (Å²) in [7, 11) is 2.97. The smallest absolute Gasteiger partial charge is 0.345 e. The summed E-state index contributed by atoms with van der Waals surface area (Å²) in [4.78, 5) is 21.0. The average Bonchev–Trinajstić information content (AvgIpc) is 2.54. The van der Waals surface area contributed by atoms with Crippen molar-refractivity contribution in [3.63, 3.8) is 0 Å². The van der Waals surface area contributed by atoms with Crippen molar-refractivity contribution in [1.29, 1.82) is 0 Å². The highest BCUT2D eigenvalue weighted by atomic mass is 16.7. The van der Waals surface area contributed by atoms with E-state index < -0.39 is 0 Å². The highest BCUT2D eigenvalue weighted by Crippen LogP contribution is 2.16. The van der Waals surface area contributed by atoms with E-state index in [-0.39, 0.29) is 6.03 Å². The van der Waals surface area contributed by atoms with Crippen LogP contribution in [0.1, 0.15) is 17.0 Å². The molecule has 0 saturated carbocycles. The summed E-state index contributed by atoms with van der Waals surface area (Å²) in [6.45, 7) is 4.60. The number of carbonyl (C=O) groups is 1. The number of pyridine rings is 1. The standard InChI is InChI=1S/C18H23N3O3/c1-13-11-14(2)19-16(12-13)9-10-24-17-7-5-15(6-8-17)20-18(22)21(3)23-4/h5-8,11-12H,9-10H2,1-4H3,(H,20,22). The fraction of sp³-hybridized carbons (Fsp3) is 0.333. The number of aromatic nitrogens is 1. The van der Waals surface area contributed by atoms with Crippen LogP contribution in [-0.2, 0) is 11.3 Å². The monoisotopic (exact) mass is 329 g/mol. The summed E-state index contributed by atoms with van der Waals surface area (Å²) in [6, 6.07) is 11.0. The molecule has 0 aliphatic heterocycles. The molecule has 6 heteroatoms. The lowest BCUT2D eigenvalue weighted by Crippen LogP contribution is -2.30. The molecule has 6 nitrogen and oxygen atoms in total. The van der Waals surface area contributed by atoms with E-state index in [0.29, 0.717) is 12.3 Å². The number of rotatable bonds is 6. The van der Waals surface area contributed by atoms with Crippen LogP contribution in [0, 0.1) is 13.8 Å². The summed E-state index contributed by atoms with van der Waals surface area (Å²) >= 11 is 0. The Hall–Kier alpha value is -2.60. The molecule has 2 rings (SSSR count). The number of urea groups is 1. The van der Waals surface area contributed by atoms with Crippen molar-refractivity contribution in [3.8, 4) is 5.75 Å². The molecule has 0 bridgehead atoms. The molecule has 0 atom stereocenters. The molecule has 1 N–H and O–H groups in total. The van der Waals surface area contributed by atoms with E-state index in [9.17, 15) is 4.79 Å². The first-order valence-corrected chi connectivity index (χ1v) is 7.74. The van der Waals surface area contributed by atoms with Gasteiger partial charge in [-0.05, 0) is 55.8 Å². The fourth-order valence-corrected chi connectivity index (χ4v) is 2.25. The van der Waals surface area contributed by atoms with Crippen LogP contribution in [0.3, 0.4) is 0 Å². The van der Waals surface area contributed by atoms with Crippen LogP contribution in [0.15, 0.2) is 36.4 Å². The molecule has 2 amide bonds. The zero-order valence-corrected chi connectivity index (χ0v) is 14.5. The second kappa shape index (κ2) is 8.31. The Morgan fingerprint density at radius 3 is 2.54 bits per heavy atom. The van der Waals surface area contributed by atoms with Crippen LogP contribution in [-0.4, -0.2) is 36.8 Å². The summed E-state index contributed by atoms with van der Waals surface area (Å²) in [5.41, 5.74) is 3.93. The Labute approximate surface area is 142 Å². The minimum absolute atomic E-state index is 0.341. The maximum atomic E-state index is 11.7. The Balaban J connectivity index is 1.84. The first-order chi connectivity index (χ1) is 11.5. The number of benzene rings is 1. The van der Waals surface area contributed by atoms with E-state index in [4.69, 9.17) is 9.57 Å². The molecule has 0 radical (unpaired) electrons. The van der Waals surface area contributed by atoms with E-state index in [2.05, 4.69) is 29.4 Å². The summed E-state index contributed by atoms with van der Waals surface area (Å²) in [5.74, 6) is 0.748. The predicted molar refractivity (Wildman–Crippen MR) is 93.1 cm³/mol. The quantitative estimate of drug-likeness (QED) is 0.826. The zero-order valence-electron chi connectivity index (χ0n) is 14.5. The Morgan fingerprint density at radius 2 is 1.92 bits per heavy atom. The third kappa shape index (κ3) is 5.24. The summed E-state index contributed by atoms with van der Waals surface area (Å²) < 4.78 is 5.73. The lowest BCUT2D eigenvalue weighted by atomic mass is 10.2. The zero-order chi connectivity index (χ0) is 17.5. The lowest BCUT2D eigenvalue weighted by molar-refractivity contribution is -0.0598. The molecule has 0 aliphatic carbocycles. The molecule has 0 aliphatic rings. The highest BCUT2D eigenvalue weighted by molar-refractivity contribution is 5.88. The Kier molecular flexibility index (Phi) is 6.14. The van der Waals surface area contributed by atoms with Crippen molar-refractivity contribution < 1.29 is 14.4 Å². The summed E-state index contributed by atoms with van der Waals surface area (Å²) in [5, 5.41) is 3.82. The largest absolute Gasteiger partial charge is 0.493 e. The number of aryl methyl sites for hydroxylation is 2. The van der Waals surface area contributed by atoms with Crippen LogP contribution in [0.4, 0.5) is 10.5 Å². The average molecular weight is 329 g/mol. The minimum Gasteiger partial charge on any atom is -0.493 e. The molecule has 0 unspecified atom stereocenters. The molecule has 1 aromatic heterocycles. The SMILES string of the molecule is CON(C)C(=O)Nc1ccc(OCCc2cc(C)cc(C)n2)cc1. The van der Waals surface area contributed by atoms with Crippen molar-refractivity contribution in [2.24, 2.45) is 0 Å². The van der Waals surface area contributed by atoms with Crippen molar-refractivity contribution in [2.75, 3.05) is 26.1 Å². The number of hydrogen-bond donors (Lipinski definition) is 1. The van der Waals surface area contributed by atoms with Gasteiger partial charge in [0.1, 0.15) is 5.75 Å². The van der Waals surface area contributed by atoms with Gasteiger partial charge in [-0.2, -0.15) is 0 Å². The maximum Gasteiger partial charge on any atom is 0.345 e. The molecule has 1 aromatic carbocycles. The first-order valence-electron chi connectivity index (χ1n) is 7.74. The molecule has 0 fully saturated rings. The van der Waals surface area contributed by atoms with Crippen LogP contribution >= 0.6 is 0 Å². The number of nitrogens with zero attached hydrogens (tertiary/aromatic N) is 2. The second-order valence-corrected chi connectivity index (χ2v) is 5.51. The number of ether oxygens (including phenoxy) is 1. The van der Waals surface area contributed by atoms with Crippen LogP contribution in [0.2, 0.25) is 0 Å². The number of amides is 2. The van der Waals surface area contributed by atoms with Crippen LogP contribution < -0.4 is 10.1 Å². The van der Waals surface area contributed by atoms with Gasteiger partial charge in [-0.3, -0.25) is 9.82 Å². The lowest BCUT2D eigenvalue weighted by Gasteiger charge is -2.14. The van der Waals surface area contributed by atoms with Gasteiger partial charge >= 0.3 is 6.03 Å². The Morgan fingerprint density at radius 1 is 1.21 bits per heavy atom. The van der Waals surface area contributed by atoms with Gasteiger partial charge in [0.25, 0.3) is 0 Å². The van der Waals surface area contributed by atoms with Crippen molar-refractivity contribution in [3.05, 3.63) is 53.3 Å². The maximum absolute atomic E-state index is 11.7. The van der Waals surface area contributed by atoms with Gasteiger partial charge in [-0.25, -0.2) is 9.86 Å². The van der Waals surface area contributed by atoms with Gasteiger partial charge in [0.05, 0.1) is 13.7 Å². The van der Waals surface area contributed by atoms with E-state index >= 15 is 0 Å². The molecular weight excluding hydrogens is 306 g/mol. The topological polar surface area (TPSA) is 63.7 Å². The molecule has 0 saturated heterocycles. The predicted octanol–water partition coefficient (Wildman–Crippen LogP) is 3.35. The van der Waals surface area contributed by atoms with E-state index in [1.165, 1.54) is 19.7 Å². The molecular formula is C18H23N3O3.